The number of nitrogens with zero attached hydrogens (tertiary/aromatic N) is 1. The van der Waals surface area contributed by atoms with Crippen molar-refractivity contribution >= 4 is 17.8 Å². The molecule has 0 atom stereocenters. The largest absolute Gasteiger partial charge is 0.481 e. The molecule has 21 heavy (non-hydrogen) atoms. The summed E-state index contributed by atoms with van der Waals surface area (Å²) in [6, 6.07) is 1.72. The van der Waals surface area contributed by atoms with E-state index in [0.717, 1.165) is 0 Å². The topological polar surface area (TPSA) is 129 Å². The van der Waals surface area contributed by atoms with E-state index < -0.39 is 11.9 Å². The molecule has 0 aliphatic heterocycles. The maximum atomic E-state index is 11.6. The number of nitrogens with one attached hydrogen (secondary N) is 2. The molecular formula is C13H19N3O5. The lowest BCUT2D eigenvalue weighted by atomic mass is 10.2. The molecule has 1 amide bonds. The van der Waals surface area contributed by atoms with Crippen molar-refractivity contribution in [2.75, 3.05) is 19.7 Å². The van der Waals surface area contributed by atoms with Crippen LogP contribution in [0.4, 0.5) is 0 Å². The van der Waals surface area contributed by atoms with Crippen LogP contribution in [0.5, 0.6) is 0 Å². The number of hydrogen-bond donors (Lipinski definition) is 3. The molecule has 0 radical (unpaired) electrons. The van der Waals surface area contributed by atoms with Gasteiger partial charge in [-0.25, -0.2) is 0 Å². The molecule has 0 rings (SSSR count). The Morgan fingerprint density at radius 2 is 2.00 bits per heavy atom. The molecule has 0 bridgehead atoms. The number of aliphatic carboxylic acids is 1. The number of nitriles is 1. The summed E-state index contributed by atoms with van der Waals surface area (Å²) in [6.07, 6.45) is 1.58. The van der Waals surface area contributed by atoms with Crippen LogP contribution in [0.25, 0.3) is 0 Å². The molecule has 0 saturated carbocycles. The van der Waals surface area contributed by atoms with E-state index in [-0.39, 0.29) is 43.9 Å². The molecule has 0 spiro atoms. The molecule has 8 nitrogen and oxygen atoms in total. The van der Waals surface area contributed by atoms with Gasteiger partial charge in [-0.3, -0.25) is 14.4 Å². The molecule has 8 heteroatoms. The first-order valence-corrected chi connectivity index (χ1v) is 6.50. The van der Waals surface area contributed by atoms with E-state index in [9.17, 15) is 14.4 Å². The van der Waals surface area contributed by atoms with Gasteiger partial charge in [-0.15, -0.1) is 0 Å². The number of carbonyl (C=O) groups is 3. The molecule has 116 valence electrons. The predicted octanol–water partition coefficient (Wildman–Crippen LogP) is -0.0823. The van der Waals surface area contributed by atoms with Crippen LogP contribution in [0.2, 0.25) is 0 Å². The van der Waals surface area contributed by atoms with Crippen LogP contribution in [0, 0.1) is 11.3 Å². The van der Waals surface area contributed by atoms with E-state index >= 15 is 0 Å². The Balaban J connectivity index is 4.03. The van der Waals surface area contributed by atoms with E-state index in [2.05, 4.69) is 10.6 Å². The Kier molecular flexibility index (Phi) is 9.91. The van der Waals surface area contributed by atoms with Gasteiger partial charge in [0.25, 0.3) is 5.91 Å². The van der Waals surface area contributed by atoms with Crippen LogP contribution in [-0.4, -0.2) is 42.6 Å². The van der Waals surface area contributed by atoms with Crippen molar-refractivity contribution in [2.24, 2.45) is 0 Å². The minimum atomic E-state index is -0.944. The van der Waals surface area contributed by atoms with Gasteiger partial charge < -0.3 is 20.5 Å². The smallest absolute Gasteiger partial charge is 0.307 e. The molecule has 0 aromatic carbocycles. The fourth-order valence-corrected chi connectivity index (χ4v) is 1.27. The van der Waals surface area contributed by atoms with Gasteiger partial charge in [-0.1, -0.05) is 0 Å². The maximum absolute atomic E-state index is 11.6. The summed E-state index contributed by atoms with van der Waals surface area (Å²) in [5.74, 6) is -1.90. The lowest BCUT2D eigenvalue weighted by Crippen LogP contribution is -2.27. The quantitative estimate of drug-likeness (QED) is 0.222. The van der Waals surface area contributed by atoms with E-state index in [4.69, 9.17) is 15.1 Å². The number of carboxylic acid groups (broad SMARTS) is 1. The molecule has 0 aromatic heterocycles. The number of hydrogen-bond acceptors (Lipinski definition) is 6. The molecule has 0 fully saturated rings. The van der Waals surface area contributed by atoms with Gasteiger partial charge in [0.15, 0.2) is 0 Å². The Bertz CT molecular complexity index is 440. The van der Waals surface area contributed by atoms with E-state index in [1.807, 2.05) is 0 Å². The SMILES string of the molecule is CCOC(=O)CCN/C=C(/C#N)C(=O)NCCCC(=O)O. The summed E-state index contributed by atoms with van der Waals surface area (Å²) in [7, 11) is 0. The Morgan fingerprint density at radius 1 is 1.29 bits per heavy atom. The lowest BCUT2D eigenvalue weighted by molar-refractivity contribution is -0.143. The van der Waals surface area contributed by atoms with Gasteiger partial charge >= 0.3 is 11.9 Å². The Hall–Kier alpha value is -2.56. The minimum absolute atomic E-state index is 0.0519. The first-order valence-electron chi connectivity index (χ1n) is 6.50. The van der Waals surface area contributed by atoms with Crippen LogP contribution in [-0.2, 0) is 19.1 Å². The summed E-state index contributed by atoms with van der Waals surface area (Å²) in [6.45, 7) is 2.42. The van der Waals surface area contributed by atoms with Gasteiger partial charge in [0.1, 0.15) is 11.6 Å². The number of amides is 1. The predicted molar refractivity (Wildman–Crippen MR) is 72.8 cm³/mol. The summed E-state index contributed by atoms with van der Waals surface area (Å²) in [5, 5.41) is 22.4. The molecular weight excluding hydrogens is 278 g/mol. The number of ether oxygens (including phenoxy) is 1. The summed E-state index contributed by atoms with van der Waals surface area (Å²) in [4.78, 5) is 32.9. The second kappa shape index (κ2) is 11.3. The average molecular weight is 297 g/mol. The highest BCUT2D eigenvalue weighted by Crippen LogP contribution is 1.93. The first-order chi connectivity index (χ1) is 10.0. The Labute approximate surface area is 122 Å². The highest BCUT2D eigenvalue weighted by Gasteiger charge is 2.08. The normalized spacial score (nSPS) is 10.4. The van der Waals surface area contributed by atoms with Gasteiger partial charge in [0, 0.05) is 25.7 Å². The van der Waals surface area contributed by atoms with Crippen LogP contribution < -0.4 is 10.6 Å². The van der Waals surface area contributed by atoms with Crippen molar-refractivity contribution in [3.05, 3.63) is 11.8 Å². The zero-order valence-electron chi connectivity index (χ0n) is 11.8. The molecule has 0 aromatic rings. The highest BCUT2D eigenvalue weighted by molar-refractivity contribution is 5.97. The second-order valence-corrected chi connectivity index (χ2v) is 3.93. The average Bonchev–Trinajstić information content (AvgIpc) is 2.43. The summed E-state index contributed by atoms with van der Waals surface area (Å²) < 4.78 is 4.72. The highest BCUT2D eigenvalue weighted by atomic mass is 16.5. The Morgan fingerprint density at radius 3 is 2.57 bits per heavy atom. The summed E-state index contributed by atoms with van der Waals surface area (Å²) >= 11 is 0. The minimum Gasteiger partial charge on any atom is -0.481 e. The maximum Gasteiger partial charge on any atom is 0.307 e. The third-order valence-corrected chi connectivity index (χ3v) is 2.24. The monoisotopic (exact) mass is 297 g/mol. The van der Waals surface area contributed by atoms with Crippen molar-refractivity contribution in [3.8, 4) is 6.07 Å². The van der Waals surface area contributed by atoms with Crippen molar-refractivity contribution in [1.82, 2.24) is 10.6 Å². The second-order valence-electron chi connectivity index (χ2n) is 3.93. The molecule has 0 unspecified atom stereocenters. The molecule has 0 aliphatic rings. The number of esters is 1. The summed E-state index contributed by atoms with van der Waals surface area (Å²) in [5.41, 5.74) is -0.144. The lowest BCUT2D eigenvalue weighted by Gasteiger charge is -2.04. The van der Waals surface area contributed by atoms with E-state index in [0.29, 0.717) is 6.61 Å². The standard InChI is InChI=1S/C13H19N3O5/c1-2-21-12(19)5-7-15-9-10(8-14)13(20)16-6-3-4-11(17)18/h9,15H,2-7H2,1H3,(H,16,20)(H,17,18)/b10-9-. The van der Waals surface area contributed by atoms with E-state index in [1.54, 1.807) is 13.0 Å². The van der Waals surface area contributed by atoms with Crippen molar-refractivity contribution < 1.29 is 24.2 Å². The molecule has 0 heterocycles. The third kappa shape index (κ3) is 9.95. The number of carbonyl (C=O) groups excluding carboxylic acids is 2. The van der Waals surface area contributed by atoms with Crippen molar-refractivity contribution in [3.63, 3.8) is 0 Å². The van der Waals surface area contributed by atoms with Crippen LogP contribution in [0.15, 0.2) is 11.8 Å². The van der Waals surface area contributed by atoms with Crippen LogP contribution in [0.3, 0.4) is 0 Å². The van der Waals surface area contributed by atoms with Crippen LogP contribution in [0.1, 0.15) is 26.2 Å². The zero-order valence-corrected chi connectivity index (χ0v) is 11.8. The molecule has 0 saturated heterocycles. The fourth-order valence-electron chi connectivity index (χ4n) is 1.27. The first kappa shape index (κ1) is 18.4. The van der Waals surface area contributed by atoms with Gasteiger partial charge in [-0.05, 0) is 13.3 Å². The van der Waals surface area contributed by atoms with Gasteiger partial charge in [0.2, 0.25) is 0 Å². The zero-order chi connectivity index (χ0) is 16.1. The number of rotatable bonds is 10. The van der Waals surface area contributed by atoms with Gasteiger partial charge in [-0.2, -0.15) is 5.26 Å². The van der Waals surface area contributed by atoms with E-state index in [1.165, 1.54) is 6.20 Å². The fraction of sp³-hybridized carbons (Fsp3) is 0.538. The third-order valence-electron chi connectivity index (χ3n) is 2.24. The van der Waals surface area contributed by atoms with Crippen molar-refractivity contribution in [1.29, 1.82) is 5.26 Å². The molecule has 0 aliphatic carbocycles. The van der Waals surface area contributed by atoms with Crippen LogP contribution >= 0.6 is 0 Å². The number of carboxylic acids is 1. The van der Waals surface area contributed by atoms with Gasteiger partial charge in [0.05, 0.1) is 13.0 Å². The molecule has 3 N–H and O–H groups in total. The van der Waals surface area contributed by atoms with Crippen molar-refractivity contribution in [2.45, 2.75) is 26.2 Å².